The van der Waals surface area contributed by atoms with Gasteiger partial charge in [-0.2, -0.15) is 0 Å². The van der Waals surface area contributed by atoms with E-state index < -0.39 is 29.1 Å². The van der Waals surface area contributed by atoms with Crippen molar-refractivity contribution in [3.05, 3.63) is 35.4 Å². The minimum absolute atomic E-state index is 0.170. The maximum absolute atomic E-state index is 12.4. The van der Waals surface area contributed by atoms with Crippen LogP contribution >= 0.6 is 0 Å². The molecule has 1 aromatic rings. The standard InChI is InChI=1S/C22H31NO6/c1-21(2,3)29-18(24)11-10-15-6-8-16(9-7-15)14-17(19(25)26)23-20(27)22(4)12-5-13-28-22/h6-9,17H,5,10-14H2,1-4H3,(H,23,27)(H,25,26)/t17-,22+/m0/s1. The summed E-state index contributed by atoms with van der Waals surface area (Å²) in [6.45, 7) is 7.68. The monoisotopic (exact) mass is 405 g/mol. The molecule has 1 fully saturated rings. The number of esters is 1. The average Bonchev–Trinajstić information content (AvgIpc) is 3.07. The minimum atomic E-state index is -1.09. The smallest absolute Gasteiger partial charge is 0.326 e. The first kappa shape index (κ1) is 22.9. The summed E-state index contributed by atoms with van der Waals surface area (Å²) in [5.74, 6) is -1.73. The number of aliphatic carboxylic acids is 1. The van der Waals surface area contributed by atoms with Gasteiger partial charge in [0.1, 0.15) is 17.2 Å². The number of ether oxygens (including phenoxy) is 2. The van der Waals surface area contributed by atoms with Gasteiger partial charge in [-0.1, -0.05) is 24.3 Å². The third-order valence-corrected chi connectivity index (χ3v) is 4.80. The molecular weight excluding hydrogens is 374 g/mol. The van der Waals surface area contributed by atoms with Crippen LogP contribution in [-0.2, 0) is 36.7 Å². The Morgan fingerprint density at radius 3 is 2.34 bits per heavy atom. The first-order valence-electron chi connectivity index (χ1n) is 9.96. The summed E-state index contributed by atoms with van der Waals surface area (Å²) in [5, 5.41) is 12.1. The topological polar surface area (TPSA) is 102 Å². The van der Waals surface area contributed by atoms with Crippen LogP contribution < -0.4 is 5.32 Å². The van der Waals surface area contributed by atoms with Gasteiger partial charge < -0.3 is 19.9 Å². The van der Waals surface area contributed by atoms with Crippen LogP contribution in [0.25, 0.3) is 0 Å². The van der Waals surface area contributed by atoms with Gasteiger partial charge in [-0.25, -0.2) is 4.79 Å². The number of benzene rings is 1. The van der Waals surface area contributed by atoms with E-state index in [0.29, 0.717) is 19.4 Å². The summed E-state index contributed by atoms with van der Waals surface area (Å²) < 4.78 is 10.8. The van der Waals surface area contributed by atoms with Gasteiger partial charge in [0.15, 0.2) is 0 Å². The number of carbonyl (C=O) groups excluding carboxylic acids is 2. The van der Waals surface area contributed by atoms with Crippen LogP contribution in [0.15, 0.2) is 24.3 Å². The van der Waals surface area contributed by atoms with E-state index >= 15 is 0 Å². The molecule has 0 bridgehead atoms. The van der Waals surface area contributed by atoms with Crippen LogP contribution in [0.1, 0.15) is 58.1 Å². The molecule has 0 unspecified atom stereocenters. The van der Waals surface area contributed by atoms with Crippen LogP contribution in [0.3, 0.4) is 0 Å². The summed E-state index contributed by atoms with van der Waals surface area (Å²) in [7, 11) is 0. The zero-order valence-corrected chi connectivity index (χ0v) is 17.6. The fourth-order valence-corrected chi connectivity index (χ4v) is 3.19. The van der Waals surface area contributed by atoms with Gasteiger partial charge in [0.25, 0.3) is 5.91 Å². The fraction of sp³-hybridized carbons (Fsp3) is 0.591. The number of carboxylic acids is 1. The van der Waals surface area contributed by atoms with Crippen molar-refractivity contribution < 1.29 is 29.0 Å². The van der Waals surface area contributed by atoms with E-state index in [1.807, 2.05) is 45.0 Å². The van der Waals surface area contributed by atoms with Gasteiger partial charge in [0, 0.05) is 19.4 Å². The van der Waals surface area contributed by atoms with Crippen LogP contribution in [0.2, 0.25) is 0 Å². The average molecular weight is 405 g/mol. The predicted octanol–water partition coefficient (Wildman–Crippen LogP) is 2.64. The molecule has 2 N–H and O–H groups in total. The Bertz CT molecular complexity index is 729. The van der Waals surface area contributed by atoms with Crippen LogP contribution in [0, 0.1) is 0 Å². The molecule has 0 aromatic heterocycles. The zero-order valence-electron chi connectivity index (χ0n) is 17.6. The Labute approximate surface area is 171 Å². The number of rotatable bonds is 8. The van der Waals surface area contributed by atoms with E-state index in [2.05, 4.69) is 5.32 Å². The van der Waals surface area contributed by atoms with Gasteiger partial charge in [-0.15, -0.1) is 0 Å². The molecule has 0 aliphatic carbocycles. The van der Waals surface area contributed by atoms with Crippen LogP contribution in [0.4, 0.5) is 0 Å². The molecule has 160 valence electrons. The van der Waals surface area contributed by atoms with E-state index in [1.165, 1.54) is 0 Å². The molecule has 1 saturated heterocycles. The summed E-state index contributed by atoms with van der Waals surface area (Å²) in [4.78, 5) is 35.9. The molecule has 0 radical (unpaired) electrons. The first-order valence-corrected chi connectivity index (χ1v) is 9.96. The Morgan fingerprint density at radius 1 is 1.21 bits per heavy atom. The van der Waals surface area contributed by atoms with E-state index in [-0.39, 0.29) is 18.8 Å². The lowest BCUT2D eigenvalue weighted by molar-refractivity contribution is -0.154. The summed E-state index contributed by atoms with van der Waals surface area (Å²) in [6.07, 6.45) is 2.36. The lowest BCUT2D eigenvalue weighted by Gasteiger charge is -2.24. The Kier molecular flexibility index (Phi) is 7.41. The Hall–Kier alpha value is -2.41. The van der Waals surface area contributed by atoms with Crippen molar-refractivity contribution in [2.24, 2.45) is 0 Å². The summed E-state index contributed by atoms with van der Waals surface area (Å²) >= 11 is 0. The number of hydrogen-bond acceptors (Lipinski definition) is 5. The van der Waals surface area contributed by atoms with Crippen molar-refractivity contribution >= 4 is 17.8 Å². The molecule has 7 heteroatoms. The molecule has 1 aliphatic rings. The van der Waals surface area contributed by atoms with Crippen LogP contribution in [-0.4, -0.2) is 46.8 Å². The van der Waals surface area contributed by atoms with E-state index in [1.54, 1.807) is 6.92 Å². The molecule has 1 aliphatic heterocycles. The number of amides is 1. The van der Waals surface area contributed by atoms with E-state index in [9.17, 15) is 19.5 Å². The molecule has 2 rings (SSSR count). The third kappa shape index (κ3) is 7.16. The van der Waals surface area contributed by atoms with Crippen molar-refractivity contribution in [3.63, 3.8) is 0 Å². The second kappa shape index (κ2) is 9.39. The summed E-state index contributed by atoms with van der Waals surface area (Å²) in [5.41, 5.74) is 0.287. The van der Waals surface area contributed by atoms with Crippen molar-refractivity contribution in [1.29, 1.82) is 0 Å². The van der Waals surface area contributed by atoms with Crippen molar-refractivity contribution in [1.82, 2.24) is 5.32 Å². The predicted molar refractivity (Wildman–Crippen MR) is 107 cm³/mol. The first-order chi connectivity index (χ1) is 13.5. The zero-order chi connectivity index (χ0) is 21.7. The maximum Gasteiger partial charge on any atom is 0.326 e. The largest absolute Gasteiger partial charge is 0.480 e. The number of carboxylic acid groups (broad SMARTS) is 1. The highest BCUT2D eigenvalue weighted by molar-refractivity contribution is 5.89. The lowest BCUT2D eigenvalue weighted by Crippen LogP contribution is -2.51. The number of nitrogens with one attached hydrogen (secondary N) is 1. The molecule has 7 nitrogen and oxygen atoms in total. The highest BCUT2D eigenvalue weighted by atomic mass is 16.6. The third-order valence-electron chi connectivity index (χ3n) is 4.80. The number of carbonyl (C=O) groups is 3. The lowest BCUT2D eigenvalue weighted by atomic mass is 9.99. The Balaban J connectivity index is 1.91. The number of aryl methyl sites for hydroxylation is 1. The van der Waals surface area contributed by atoms with Crippen LogP contribution in [0.5, 0.6) is 0 Å². The van der Waals surface area contributed by atoms with E-state index in [0.717, 1.165) is 17.5 Å². The fourth-order valence-electron chi connectivity index (χ4n) is 3.19. The van der Waals surface area contributed by atoms with Gasteiger partial charge in [0.2, 0.25) is 0 Å². The SMILES string of the molecule is CC(C)(C)OC(=O)CCc1ccc(C[C@H](NC(=O)[C@@]2(C)CCCO2)C(=O)O)cc1. The second-order valence-electron chi connectivity index (χ2n) is 8.65. The molecule has 1 amide bonds. The quantitative estimate of drug-likeness (QED) is 0.645. The van der Waals surface area contributed by atoms with Crippen molar-refractivity contribution in [2.45, 2.75) is 77.0 Å². The van der Waals surface area contributed by atoms with Crippen molar-refractivity contribution in [3.8, 4) is 0 Å². The van der Waals surface area contributed by atoms with Gasteiger partial charge in [0.05, 0.1) is 0 Å². The minimum Gasteiger partial charge on any atom is -0.480 e. The highest BCUT2D eigenvalue weighted by Crippen LogP contribution is 2.25. The van der Waals surface area contributed by atoms with E-state index in [4.69, 9.17) is 9.47 Å². The normalized spacial score (nSPS) is 20.1. The second-order valence-corrected chi connectivity index (χ2v) is 8.65. The van der Waals surface area contributed by atoms with Gasteiger partial charge in [-0.3, -0.25) is 9.59 Å². The Morgan fingerprint density at radius 2 is 1.83 bits per heavy atom. The molecular formula is C22H31NO6. The molecule has 0 saturated carbocycles. The van der Waals surface area contributed by atoms with Crippen molar-refractivity contribution in [2.75, 3.05) is 6.61 Å². The van der Waals surface area contributed by atoms with Gasteiger partial charge in [-0.05, 0) is 58.1 Å². The number of hydrogen-bond donors (Lipinski definition) is 2. The highest BCUT2D eigenvalue weighted by Gasteiger charge is 2.39. The maximum atomic E-state index is 12.4. The van der Waals surface area contributed by atoms with Gasteiger partial charge >= 0.3 is 11.9 Å². The molecule has 0 spiro atoms. The molecule has 2 atom stereocenters. The molecule has 1 aromatic carbocycles. The molecule has 29 heavy (non-hydrogen) atoms. The summed E-state index contributed by atoms with van der Waals surface area (Å²) in [6, 6.07) is 6.33. The molecule has 1 heterocycles.